The van der Waals surface area contributed by atoms with Crippen molar-refractivity contribution in [2.45, 2.75) is 480 Å². The van der Waals surface area contributed by atoms with Gasteiger partial charge in [0.1, 0.15) is 78.4 Å². The summed E-state index contributed by atoms with van der Waals surface area (Å²) in [6.45, 7) is 51.7. The van der Waals surface area contributed by atoms with E-state index in [1.807, 2.05) is 221 Å². The van der Waals surface area contributed by atoms with E-state index >= 15 is 0 Å². The maximum Gasteiger partial charge on any atom is 0.313 e. The van der Waals surface area contributed by atoms with Crippen LogP contribution in [0.2, 0.25) is 0 Å². The van der Waals surface area contributed by atoms with Gasteiger partial charge >= 0.3 is 23.9 Å². The molecule has 10 N–H and O–H groups in total. The smallest absolute Gasteiger partial charge is 0.313 e. The van der Waals surface area contributed by atoms with Crippen LogP contribution in [0, 0.1) is 112 Å². The van der Waals surface area contributed by atoms with Crippen LogP contribution >= 0.6 is 0 Å². The maximum absolute atomic E-state index is 13.3. The molecule has 854 valence electrons. The molecule has 35 nitrogen and oxygen atoms in total. The number of cyclic esters (lactones) is 4. The van der Waals surface area contributed by atoms with Crippen LogP contribution in [0.15, 0.2) is 11.6 Å². The molecule has 0 aromatic carbocycles. The molecule has 49 atom stereocenters. The molecule has 0 bridgehead atoms. The predicted octanol–water partition coefficient (Wildman–Crippen LogP) is 10.7. The molecule has 0 amide bonds. The third-order valence-corrected chi connectivity index (χ3v) is 33.6. The number of ether oxygens (including phenoxy) is 12. The second-order valence-electron chi connectivity index (χ2n) is 46.9. The summed E-state index contributed by atoms with van der Waals surface area (Å²) >= 11 is 0. The van der Waals surface area contributed by atoms with Crippen molar-refractivity contribution in [2.75, 3.05) is 56.4 Å². The molecule has 7 saturated heterocycles. The molecule has 0 aliphatic carbocycles. The molecule has 8 heterocycles. The van der Waals surface area contributed by atoms with Crippen LogP contribution in [0.4, 0.5) is 0 Å². The van der Waals surface area contributed by atoms with Crippen LogP contribution in [-0.4, -0.2) is 363 Å². The highest BCUT2D eigenvalue weighted by Crippen LogP contribution is 2.42. The summed E-state index contributed by atoms with van der Waals surface area (Å²) in [5.41, 5.74) is 0.660. The average molecular weight is 2100 g/mol. The lowest BCUT2D eigenvalue weighted by Gasteiger charge is -2.44. The number of carbonyl (C=O) groups excluding carboxylic acids is 9. The monoisotopic (exact) mass is 2100 g/mol. The normalized spacial score (nSPS) is 44.4. The Hall–Kier alpha value is -4.91. The quantitative estimate of drug-likeness (QED) is 0.0390. The Kier molecular flexibility index (Phi) is 55.0. The zero-order valence-electron chi connectivity index (χ0n) is 96.0. The molecular weight excluding hydrogens is 1900 g/mol. The van der Waals surface area contributed by atoms with Crippen molar-refractivity contribution in [3.8, 4) is 0 Å². The van der Waals surface area contributed by atoms with Crippen molar-refractivity contribution in [3.05, 3.63) is 11.6 Å². The molecule has 0 aromatic heterocycles. The summed E-state index contributed by atoms with van der Waals surface area (Å²) < 4.78 is 72.1. The number of aliphatic hydroxyl groups is 10. The molecule has 0 aromatic rings. The first-order valence-electron chi connectivity index (χ1n) is 55.2. The zero-order valence-corrected chi connectivity index (χ0v) is 96.0. The maximum atomic E-state index is 13.3. The molecule has 0 saturated carbocycles. The molecule has 147 heavy (non-hydrogen) atoms. The van der Waals surface area contributed by atoms with Crippen molar-refractivity contribution >= 4 is 52.8 Å². The van der Waals surface area contributed by atoms with Crippen LogP contribution in [0.1, 0.15) is 297 Å². The fraction of sp³-hybridized carbons (Fsp3) is 0.902. The topological polar surface area (TPSA) is 480 Å². The van der Waals surface area contributed by atoms with E-state index in [1.165, 1.54) is 0 Å². The molecule has 35 heteroatoms. The Balaban J connectivity index is 0.000000345. The highest BCUT2D eigenvalue weighted by Gasteiger charge is 2.51. The Labute approximate surface area is 879 Å². The molecule has 0 radical (unpaired) electrons. The van der Waals surface area contributed by atoms with Crippen molar-refractivity contribution in [1.29, 1.82) is 0 Å². The number of hydrogen-bond donors (Lipinski definition) is 10. The third-order valence-electron chi connectivity index (χ3n) is 33.6. The van der Waals surface area contributed by atoms with Gasteiger partial charge in [-0.1, -0.05) is 158 Å². The first-order chi connectivity index (χ1) is 68.3. The van der Waals surface area contributed by atoms with Crippen molar-refractivity contribution in [3.63, 3.8) is 0 Å². The van der Waals surface area contributed by atoms with Gasteiger partial charge in [-0.2, -0.15) is 0 Å². The minimum Gasteiger partial charge on any atom is -0.462 e. The first-order valence-corrected chi connectivity index (χ1v) is 55.2. The van der Waals surface area contributed by atoms with E-state index in [0.717, 1.165) is 0 Å². The number of nitrogens with zero attached hydrogens (tertiary/aromatic N) is 4. The van der Waals surface area contributed by atoms with Crippen LogP contribution in [-0.2, 0) is 100.0 Å². The van der Waals surface area contributed by atoms with E-state index in [1.54, 1.807) is 55.4 Å². The van der Waals surface area contributed by atoms with Crippen LogP contribution in [0.5, 0.6) is 0 Å². The fourth-order valence-electron chi connectivity index (χ4n) is 23.5. The number of aliphatic hydroxyl groups excluding tert-OH is 10. The van der Waals surface area contributed by atoms with Gasteiger partial charge in [0.05, 0.1) is 104 Å². The molecule has 16 unspecified atom stereocenters. The van der Waals surface area contributed by atoms with Gasteiger partial charge in [-0.3, -0.25) is 43.2 Å². The highest BCUT2D eigenvalue weighted by atomic mass is 16.7. The van der Waals surface area contributed by atoms with Gasteiger partial charge in [-0.15, -0.1) is 0 Å². The minimum atomic E-state index is -1.06. The average Bonchev–Trinajstić information content (AvgIpc) is 0.805. The summed E-state index contributed by atoms with van der Waals surface area (Å²) in [4.78, 5) is 125. The van der Waals surface area contributed by atoms with Crippen LogP contribution in [0.3, 0.4) is 0 Å². The van der Waals surface area contributed by atoms with E-state index in [4.69, 9.17) is 56.8 Å². The lowest BCUT2D eigenvalue weighted by atomic mass is 9.77. The van der Waals surface area contributed by atoms with E-state index < -0.39 is 224 Å². The van der Waals surface area contributed by atoms with E-state index in [9.17, 15) is 94.2 Å². The van der Waals surface area contributed by atoms with Gasteiger partial charge in [0, 0.05) is 113 Å². The van der Waals surface area contributed by atoms with Crippen molar-refractivity contribution in [2.24, 2.45) is 112 Å². The number of hydrogen-bond acceptors (Lipinski definition) is 35. The largest absolute Gasteiger partial charge is 0.462 e. The lowest BCUT2D eigenvalue weighted by Crippen LogP contribution is -2.56. The predicted molar refractivity (Wildman–Crippen MR) is 556 cm³/mol. The van der Waals surface area contributed by atoms with E-state index in [0.29, 0.717) is 82.6 Å². The number of Topliss-reactive ketones (excluding diaryl/α,β-unsaturated/α-hetero) is 5. The molecule has 8 aliphatic heterocycles. The minimum absolute atomic E-state index is 0.0508. The Morgan fingerprint density at radius 3 is 0.898 bits per heavy atom. The number of likely N-dealkylation sites (N-methyl/N-ethyl adjacent to an activating group) is 4. The van der Waals surface area contributed by atoms with Crippen molar-refractivity contribution in [1.82, 2.24) is 19.6 Å². The molecule has 0 spiro atoms. The first kappa shape index (κ1) is 133. The number of rotatable bonds is 16. The lowest BCUT2D eigenvalue weighted by molar-refractivity contribution is -0.282. The van der Waals surface area contributed by atoms with Gasteiger partial charge in [-0.05, 0) is 204 Å². The van der Waals surface area contributed by atoms with Crippen molar-refractivity contribution < 1.29 is 151 Å². The highest BCUT2D eigenvalue weighted by molar-refractivity contribution is 5.97. The summed E-state index contributed by atoms with van der Waals surface area (Å²) in [6, 6.07) is -0.630. The molecular formula is C112H200N4O31. The molecule has 8 rings (SSSR count). The van der Waals surface area contributed by atoms with Crippen LogP contribution < -0.4 is 0 Å². The summed E-state index contributed by atoms with van der Waals surface area (Å²) in [7, 11) is 15.2. The van der Waals surface area contributed by atoms with Gasteiger partial charge < -0.3 is 128 Å². The Morgan fingerprint density at radius 1 is 0.306 bits per heavy atom. The third kappa shape index (κ3) is 37.1. The van der Waals surface area contributed by atoms with Gasteiger partial charge in [0.25, 0.3) is 0 Å². The number of ketones is 5. The molecule has 7 fully saturated rings. The zero-order chi connectivity index (χ0) is 112. The van der Waals surface area contributed by atoms with Gasteiger partial charge in [0.15, 0.2) is 30.9 Å². The van der Waals surface area contributed by atoms with Gasteiger partial charge in [-0.25, -0.2) is 0 Å². The Morgan fingerprint density at radius 2 is 0.592 bits per heavy atom. The SMILES string of the molecule is CC[C@H]1OC(=O)CC(=O)[C@H](C)[C@@H](OC2OC(C)CC(N(C)C)C2O)[C@@H](C)C[C@@H](C)C(=O)[C@H](C)[C@@H](O)[C@H]1C.CC[C@H]1OC(=O)C[C@@H](O)[C@H](C)[C@@H](OC2OC(C)CC(N(C)C)C2O)[C@@H](C)C[C@@H](C)C(=O)[C@H](C)[C@@H](O)[C@H]1C.CC[C@H]1OC(=O)C[C@H](O)[C@H](C)[C@@H](OC2OC(C)CC(N(C)C)C2O)[C@@H](C)C[C@@H](C)C(=O)[C@H](C)[C@@H](O)[C@H]1C.CC[C@H]1OC(=O)[C@H](C)[C@@H](O)C[C@@H](OC2OC(C)CC(N(C)C)C2O)[C@@H](C)C[C@@H](C)C(=O)/C(C)=C/[C@H]1C. The number of esters is 4. The molecule has 8 aliphatic rings. The van der Waals surface area contributed by atoms with E-state index in [2.05, 4.69) is 0 Å². The summed E-state index contributed by atoms with van der Waals surface area (Å²) in [5, 5.41) is 110. The number of carbonyl (C=O) groups is 9. The fourth-order valence-corrected chi connectivity index (χ4v) is 23.5. The summed E-state index contributed by atoms with van der Waals surface area (Å²) in [6.07, 6.45) is -10.7. The second kappa shape index (κ2) is 61.0. The van der Waals surface area contributed by atoms with E-state index in [-0.39, 0.29) is 150 Å². The van der Waals surface area contributed by atoms with Crippen LogP contribution in [0.25, 0.3) is 0 Å². The second-order valence-corrected chi connectivity index (χ2v) is 46.9. The van der Waals surface area contributed by atoms with Gasteiger partial charge in [0.2, 0.25) is 0 Å². The number of allylic oxidation sites excluding steroid dienone is 1. The Bertz CT molecular complexity index is 3930. The standard InChI is InChI=1S/2C28H51NO8.C28H49NO8.C28H49NO7/c3*1-10-22-18(6)25(33)19(7)24(32)14(2)11-15(3)27(17(5)21(30)13-23(31)36-22)37-28-26(34)20(29(8)9)12-16(4)35-28;1-10-23-15(2)11-17(4)25(31)18(5)12-16(3)24(14-22(30)20(7)27(33)35-23)36-28-26(32)21(29(8)9)13-19(6)34-28/h2*14-22,25-28,30,33-34H,10-13H2,1-9H3;14-20,22,25-28,33-34H,10-13H2,1-9H3;11,15-16,18-24,26,28,30,32H,10,12-14H2,1-9H3/b;;;17-11+/t14-,15+,16?,17+,18+,19+,20?,21+,22-,25+,26?,27+,28?;14-,15+,16?,17+,18+,19+,20?,21-,22-,25+,26?,27+,28?;14-,15+,16?,17+,18+,19+,20?,22-,25+,26?,27+,28?;15-,16+,18-,19?,20-,21?,22+,23-,24-,26?,28?/m1111/s1. The summed E-state index contributed by atoms with van der Waals surface area (Å²) in [5.74, 6) is -10.7.